The van der Waals surface area contributed by atoms with Gasteiger partial charge in [-0.2, -0.15) is 9.65 Å². The van der Waals surface area contributed by atoms with Crippen LogP contribution in [0.1, 0.15) is 23.2 Å². The number of nitrogens with two attached hydrogens (primary N) is 1. The zero-order chi connectivity index (χ0) is 10.7. The van der Waals surface area contributed by atoms with Gasteiger partial charge in [0.15, 0.2) is 0 Å². The van der Waals surface area contributed by atoms with Crippen LogP contribution >= 0.6 is 0 Å². The minimum Gasteiger partial charge on any atom is -0.326 e. The highest BCUT2D eigenvalue weighted by Crippen LogP contribution is 2.24. The van der Waals surface area contributed by atoms with Gasteiger partial charge in [-0.3, -0.25) is 0 Å². The molecule has 0 fully saturated rings. The maximum Gasteiger partial charge on any atom is 0.264 e. The molecular formula is C8H6F3N3. The Bertz CT molecular complexity index is 384. The van der Waals surface area contributed by atoms with E-state index in [1.807, 2.05) is 0 Å². The first-order valence-electron chi connectivity index (χ1n) is 3.67. The van der Waals surface area contributed by atoms with Crippen molar-refractivity contribution >= 4 is 0 Å². The third-order valence-corrected chi connectivity index (χ3v) is 1.66. The summed E-state index contributed by atoms with van der Waals surface area (Å²) >= 11 is 0. The van der Waals surface area contributed by atoms with Crippen LogP contribution in [0.3, 0.4) is 0 Å². The lowest BCUT2D eigenvalue weighted by atomic mass is 10.1. The average molecular weight is 201 g/mol. The summed E-state index contributed by atoms with van der Waals surface area (Å²) < 4.78 is 37.7. The van der Waals surface area contributed by atoms with Gasteiger partial charge in [-0.25, -0.2) is 13.8 Å². The fourth-order valence-corrected chi connectivity index (χ4v) is 1.01. The molecule has 0 spiro atoms. The molecule has 2 N–H and O–H groups in total. The number of nitrogens with zero attached hydrogens (tertiary/aromatic N) is 2. The van der Waals surface area contributed by atoms with Crippen LogP contribution in [0.25, 0.3) is 0 Å². The fraction of sp³-hybridized carbons (Fsp3) is 0.250. The first-order valence-corrected chi connectivity index (χ1v) is 3.67. The van der Waals surface area contributed by atoms with Crippen molar-refractivity contribution in [3.05, 3.63) is 28.8 Å². The van der Waals surface area contributed by atoms with E-state index in [2.05, 4.69) is 4.98 Å². The predicted molar refractivity (Wildman–Crippen MR) is 41.8 cm³/mol. The average Bonchev–Trinajstić information content (AvgIpc) is 2.16. The Morgan fingerprint density at radius 1 is 1.57 bits per heavy atom. The topological polar surface area (TPSA) is 62.7 Å². The van der Waals surface area contributed by atoms with Crippen LogP contribution in [0, 0.1) is 17.3 Å². The molecule has 0 unspecified atom stereocenters. The second-order valence-electron chi connectivity index (χ2n) is 2.48. The maximum absolute atomic E-state index is 13.0. The molecule has 3 nitrogen and oxygen atoms in total. The normalized spacial score (nSPS) is 10.3. The molecule has 74 valence electrons. The van der Waals surface area contributed by atoms with E-state index in [0.717, 1.165) is 6.07 Å². The lowest BCUT2D eigenvalue weighted by Gasteiger charge is -2.07. The van der Waals surface area contributed by atoms with Gasteiger partial charge in [0.25, 0.3) is 6.43 Å². The molecule has 0 saturated carbocycles. The summed E-state index contributed by atoms with van der Waals surface area (Å²) in [5, 5.41) is 8.38. The highest BCUT2D eigenvalue weighted by Gasteiger charge is 2.18. The molecule has 0 aliphatic carbocycles. The van der Waals surface area contributed by atoms with Crippen LogP contribution in [-0.4, -0.2) is 4.98 Å². The molecule has 0 atom stereocenters. The molecule has 0 saturated heterocycles. The zero-order valence-electron chi connectivity index (χ0n) is 6.97. The Morgan fingerprint density at radius 3 is 2.64 bits per heavy atom. The standard InChI is InChI=1S/C8H6F3N3/c9-7(10)5-1-4(2-12)14-8(11)6(5)3-13/h1,7H,3,13H2. The number of pyridine rings is 1. The highest BCUT2D eigenvalue weighted by molar-refractivity contribution is 5.33. The Balaban J connectivity index is 3.37. The minimum atomic E-state index is -2.86. The van der Waals surface area contributed by atoms with Crippen molar-refractivity contribution in [3.8, 4) is 6.07 Å². The van der Waals surface area contributed by atoms with Gasteiger partial charge in [-0.15, -0.1) is 0 Å². The third-order valence-electron chi connectivity index (χ3n) is 1.66. The molecule has 0 bridgehead atoms. The monoisotopic (exact) mass is 201 g/mol. The smallest absolute Gasteiger partial charge is 0.264 e. The van der Waals surface area contributed by atoms with E-state index in [-0.39, 0.29) is 17.8 Å². The number of aromatic nitrogens is 1. The molecule has 0 aliphatic heterocycles. The Labute approximate surface area is 78.0 Å². The predicted octanol–water partition coefficient (Wildman–Crippen LogP) is 1.49. The lowest BCUT2D eigenvalue weighted by molar-refractivity contribution is 0.149. The van der Waals surface area contributed by atoms with Gasteiger partial charge in [0, 0.05) is 17.7 Å². The van der Waals surface area contributed by atoms with E-state index in [4.69, 9.17) is 11.0 Å². The Kier molecular flexibility index (Phi) is 3.04. The number of hydrogen-bond donors (Lipinski definition) is 1. The maximum atomic E-state index is 13.0. The van der Waals surface area contributed by atoms with Crippen molar-refractivity contribution in [2.45, 2.75) is 13.0 Å². The van der Waals surface area contributed by atoms with Crippen LogP contribution in [0.15, 0.2) is 6.07 Å². The minimum absolute atomic E-state index is 0.348. The Hall–Kier alpha value is -1.61. The van der Waals surface area contributed by atoms with Crippen LogP contribution < -0.4 is 5.73 Å². The summed E-state index contributed by atoms with van der Waals surface area (Å²) in [4.78, 5) is 3.16. The fourth-order valence-electron chi connectivity index (χ4n) is 1.01. The zero-order valence-corrected chi connectivity index (χ0v) is 6.97. The first kappa shape index (κ1) is 10.5. The molecular weight excluding hydrogens is 195 g/mol. The summed E-state index contributed by atoms with van der Waals surface area (Å²) in [7, 11) is 0. The summed E-state index contributed by atoms with van der Waals surface area (Å²) in [6, 6.07) is 2.33. The molecule has 14 heavy (non-hydrogen) atoms. The third kappa shape index (κ3) is 1.83. The van der Waals surface area contributed by atoms with E-state index < -0.39 is 17.9 Å². The van der Waals surface area contributed by atoms with Gasteiger partial charge >= 0.3 is 0 Å². The molecule has 0 aromatic carbocycles. The summed E-state index contributed by atoms with van der Waals surface area (Å²) in [5.74, 6) is -1.11. The van der Waals surface area contributed by atoms with E-state index >= 15 is 0 Å². The molecule has 1 heterocycles. The van der Waals surface area contributed by atoms with Crippen LogP contribution in [0.2, 0.25) is 0 Å². The van der Waals surface area contributed by atoms with Crippen molar-refractivity contribution in [1.82, 2.24) is 4.98 Å². The molecule has 1 aromatic rings. The van der Waals surface area contributed by atoms with Gasteiger partial charge in [0.2, 0.25) is 5.95 Å². The van der Waals surface area contributed by atoms with Crippen molar-refractivity contribution in [2.75, 3.05) is 0 Å². The number of alkyl halides is 2. The second kappa shape index (κ2) is 4.07. The second-order valence-corrected chi connectivity index (χ2v) is 2.48. The SMILES string of the molecule is N#Cc1cc(C(F)F)c(CN)c(F)n1. The van der Waals surface area contributed by atoms with E-state index in [1.54, 1.807) is 0 Å². The summed E-state index contributed by atoms with van der Waals surface area (Å²) in [6.07, 6.45) is -2.86. The van der Waals surface area contributed by atoms with Crippen molar-refractivity contribution in [2.24, 2.45) is 5.73 Å². The number of rotatable bonds is 2. The van der Waals surface area contributed by atoms with E-state index in [1.165, 1.54) is 6.07 Å². The molecule has 0 amide bonds. The van der Waals surface area contributed by atoms with Crippen LogP contribution in [-0.2, 0) is 6.54 Å². The number of hydrogen-bond acceptors (Lipinski definition) is 3. The quantitative estimate of drug-likeness (QED) is 0.737. The number of nitriles is 1. The van der Waals surface area contributed by atoms with Crippen LogP contribution in [0.4, 0.5) is 13.2 Å². The van der Waals surface area contributed by atoms with Crippen molar-refractivity contribution < 1.29 is 13.2 Å². The molecule has 0 aliphatic rings. The largest absolute Gasteiger partial charge is 0.326 e. The molecule has 0 radical (unpaired) electrons. The van der Waals surface area contributed by atoms with Crippen LogP contribution in [0.5, 0.6) is 0 Å². The molecule has 1 rings (SSSR count). The lowest BCUT2D eigenvalue weighted by Crippen LogP contribution is -2.08. The summed E-state index contributed by atoms with van der Waals surface area (Å²) in [5.41, 5.74) is 3.78. The van der Waals surface area contributed by atoms with Crippen molar-refractivity contribution in [1.29, 1.82) is 5.26 Å². The van der Waals surface area contributed by atoms with E-state index in [0.29, 0.717) is 0 Å². The highest BCUT2D eigenvalue weighted by atomic mass is 19.3. The van der Waals surface area contributed by atoms with Gasteiger partial charge in [0.05, 0.1) is 0 Å². The molecule has 1 aromatic heterocycles. The summed E-state index contributed by atoms with van der Waals surface area (Å²) in [6.45, 7) is -0.371. The Morgan fingerprint density at radius 2 is 2.21 bits per heavy atom. The van der Waals surface area contributed by atoms with Gasteiger partial charge < -0.3 is 5.73 Å². The first-order chi connectivity index (χ1) is 6.60. The van der Waals surface area contributed by atoms with E-state index in [9.17, 15) is 13.2 Å². The van der Waals surface area contributed by atoms with Crippen molar-refractivity contribution in [3.63, 3.8) is 0 Å². The van der Waals surface area contributed by atoms with Gasteiger partial charge in [-0.1, -0.05) is 0 Å². The number of halogens is 3. The van der Waals surface area contributed by atoms with Gasteiger partial charge in [-0.05, 0) is 6.07 Å². The molecule has 6 heteroatoms. The van der Waals surface area contributed by atoms with Gasteiger partial charge in [0.1, 0.15) is 11.8 Å².